The van der Waals surface area contributed by atoms with Gasteiger partial charge in [0.2, 0.25) is 11.8 Å². The lowest BCUT2D eigenvalue weighted by Crippen LogP contribution is -2.38. The van der Waals surface area contributed by atoms with Crippen molar-refractivity contribution in [1.82, 2.24) is 15.5 Å². The first-order chi connectivity index (χ1) is 9.18. The second-order valence-electron chi connectivity index (χ2n) is 4.74. The second-order valence-corrected chi connectivity index (χ2v) is 4.74. The SMILES string of the molecule is CC(=O)NCCCC(=O)NCCCN1CCOCC1. The maximum absolute atomic E-state index is 11.5. The molecule has 1 saturated heterocycles. The van der Waals surface area contributed by atoms with Gasteiger partial charge < -0.3 is 15.4 Å². The van der Waals surface area contributed by atoms with Crippen LogP contribution in [-0.4, -0.2) is 62.7 Å². The number of carbonyl (C=O) groups excluding carboxylic acids is 2. The molecule has 0 aromatic rings. The Labute approximate surface area is 114 Å². The summed E-state index contributed by atoms with van der Waals surface area (Å²) in [5.41, 5.74) is 0. The van der Waals surface area contributed by atoms with Gasteiger partial charge in [-0.25, -0.2) is 0 Å². The molecule has 0 atom stereocenters. The first-order valence-corrected chi connectivity index (χ1v) is 6.99. The van der Waals surface area contributed by atoms with E-state index in [1.807, 2.05) is 0 Å². The highest BCUT2D eigenvalue weighted by Crippen LogP contribution is 1.97. The highest BCUT2D eigenvalue weighted by Gasteiger charge is 2.09. The van der Waals surface area contributed by atoms with Gasteiger partial charge in [0, 0.05) is 39.5 Å². The van der Waals surface area contributed by atoms with Gasteiger partial charge in [0.05, 0.1) is 13.2 Å². The van der Waals surface area contributed by atoms with Gasteiger partial charge in [0.25, 0.3) is 0 Å². The van der Waals surface area contributed by atoms with Crippen LogP contribution >= 0.6 is 0 Å². The molecule has 6 heteroatoms. The van der Waals surface area contributed by atoms with E-state index in [0.717, 1.165) is 45.8 Å². The quantitative estimate of drug-likeness (QED) is 0.597. The second kappa shape index (κ2) is 9.75. The molecule has 1 aliphatic heterocycles. The van der Waals surface area contributed by atoms with Gasteiger partial charge in [-0.05, 0) is 19.4 Å². The summed E-state index contributed by atoms with van der Waals surface area (Å²) >= 11 is 0. The summed E-state index contributed by atoms with van der Waals surface area (Å²) < 4.78 is 5.27. The van der Waals surface area contributed by atoms with Crippen LogP contribution in [0.3, 0.4) is 0 Å². The number of morpholine rings is 1. The largest absolute Gasteiger partial charge is 0.379 e. The monoisotopic (exact) mass is 271 g/mol. The molecule has 2 N–H and O–H groups in total. The topological polar surface area (TPSA) is 70.7 Å². The number of hydrogen-bond donors (Lipinski definition) is 2. The van der Waals surface area contributed by atoms with E-state index in [-0.39, 0.29) is 11.8 Å². The minimum absolute atomic E-state index is 0.0501. The van der Waals surface area contributed by atoms with Crippen molar-refractivity contribution < 1.29 is 14.3 Å². The lowest BCUT2D eigenvalue weighted by atomic mass is 10.3. The number of nitrogens with one attached hydrogen (secondary N) is 2. The lowest BCUT2D eigenvalue weighted by Gasteiger charge is -2.26. The number of amides is 2. The third-order valence-corrected chi connectivity index (χ3v) is 3.03. The fraction of sp³-hybridized carbons (Fsp3) is 0.846. The molecule has 2 amide bonds. The van der Waals surface area contributed by atoms with E-state index in [4.69, 9.17) is 4.74 Å². The molecule has 1 heterocycles. The zero-order valence-corrected chi connectivity index (χ0v) is 11.7. The molecular formula is C13H25N3O3. The van der Waals surface area contributed by atoms with Crippen LogP contribution in [0.15, 0.2) is 0 Å². The summed E-state index contributed by atoms with van der Waals surface area (Å²) in [6.45, 7) is 7.38. The minimum atomic E-state index is -0.0501. The number of rotatable bonds is 8. The summed E-state index contributed by atoms with van der Waals surface area (Å²) in [7, 11) is 0. The molecule has 0 aromatic heterocycles. The molecule has 110 valence electrons. The van der Waals surface area contributed by atoms with E-state index in [1.165, 1.54) is 6.92 Å². The Morgan fingerprint density at radius 1 is 1.11 bits per heavy atom. The van der Waals surface area contributed by atoms with Gasteiger partial charge in [-0.3, -0.25) is 14.5 Å². The number of ether oxygens (including phenoxy) is 1. The summed E-state index contributed by atoms with van der Waals surface area (Å²) in [5.74, 6) is 0.0123. The fourth-order valence-corrected chi connectivity index (χ4v) is 1.96. The Kier molecular flexibility index (Phi) is 8.16. The van der Waals surface area contributed by atoms with Crippen molar-refractivity contribution in [2.45, 2.75) is 26.2 Å². The van der Waals surface area contributed by atoms with Crippen molar-refractivity contribution in [3.63, 3.8) is 0 Å². The zero-order chi connectivity index (χ0) is 13.9. The maximum Gasteiger partial charge on any atom is 0.220 e. The molecule has 6 nitrogen and oxygen atoms in total. The van der Waals surface area contributed by atoms with Gasteiger partial charge in [-0.2, -0.15) is 0 Å². The summed E-state index contributed by atoms with van der Waals surface area (Å²) in [6, 6.07) is 0. The first kappa shape index (κ1) is 15.9. The summed E-state index contributed by atoms with van der Waals surface area (Å²) in [6.07, 6.45) is 2.13. The normalized spacial score (nSPS) is 16.1. The van der Waals surface area contributed by atoms with Gasteiger partial charge in [0.1, 0.15) is 0 Å². The molecule has 1 aliphatic rings. The zero-order valence-electron chi connectivity index (χ0n) is 11.7. The van der Waals surface area contributed by atoms with Gasteiger partial charge in [-0.15, -0.1) is 0 Å². The number of nitrogens with zero attached hydrogens (tertiary/aromatic N) is 1. The van der Waals surface area contributed by atoms with E-state index in [2.05, 4.69) is 15.5 Å². The van der Waals surface area contributed by atoms with Crippen LogP contribution in [0.2, 0.25) is 0 Å². The Balaban J connectivity index is 1.90. The molecule has 0 aromatic carbocycles. The summed E-state index contributed by atoms with van der Waals surface area (Å²) in [5, 5.41) is 5.57. The molecule has 1 fully saturated rings. The fourth-order valence-electron chi connectivity index (χ4n) is 1.96. The third kappa shape index (κ3) is 8.56. The average Bonchev–Trinajstić information content (AvgIpc) is 2.41. The minimum Gasteiger partial charge on any atom is -0.379 e. The molecule has 0 saturated carbocycles. The van der Waals surface area contributed by atoms with Gasteiger partial charge in [0.15, 0.2) is 0 Å². The van der Waals surface area contributed by atoms with Crippen LogP contribution in [0.4, 0.5) is 0 Å². The predicted octanol–water partition coefficient (Wildman–Crippen LogP) is -0.259. The molecule has 0 bridgehead atoms. The molecule has 0 radical (unpaired) electrons. The van der Waals surface area contributed by atoms with Crippen LogP contribution in [0.25, 0.3) is 0 Å². The van der Waals surface area contributed by atoms with Crippen LogP contribution < -0.4 is 10.6 Å². The van der Waals surface area contributed by atoms with E-state index >= 15 is 0 Å². The van der Waals surface area contributed by atoms with Crippen molar-refractivity contribution in [2.24, 2.45) is 0 Å². The molecule has 19 heavy (non-hydrogen) atoms. The van der Waals surface area contributed by atoms with Crippen LogP contribution in [0.1, 0.15) is 26.2 Å². The third-order valence-electron chi connectivity index (χ3n) is 3.03. The Morgan fingerprint density at radius 3 is 2.47 bits per heavy atom. The lowest BCUT2D eigenvalue weighted by molar-refractivity contribution is -0.122. The summed E-state index contributed by atoms with van der Waals surface area (Å²) in [4.78, 5) is 24.5. The Morgan fingerprint density at radius 2 is 1.79 bits per heavy atom. The smallest absolute Gasteiger partial charge is 0.220 e. The standard InChI is InChI=1S/C13H25N3O3/c1-12(17)14-5-2-4-13(18)15-6-3-7-16-8-10-19-11-9-16/h2-11H2,1H3,(H,14,17)(H,15,18). The maximum atomic E-state index is 11.5. The first-order valence-electron chi connectivity index (χ1n) is 6.99. The van der Waals surface area contributed by atoms with Crippen molar-refractivity contribution in [3.8, 4) is 0 Å². The van der Waals surface area contributed by atoms with Crippen LogP contribution in [0, 0.1) is 0 Å². The Bertz CT molecular complexity index is 278. The van der Waals surface area contributed by atoms with Crippen LogP contribution in [-0.2, 0) is 14.3 Å². The molecule has 0 spiro atoms. The van der Waals surface area contributed by atoms with Crippen molar-refractivity contribution in [2.75, 3.05) is 45.9 Å². The van der Waals surface area contributed by atoms with Crippen molar-refractivity contribution in [1.29, 1.82) is 0 Å². The molecule has 0 aliphatic carbocycles. The average molecular weight is 271 g/mol. The van der Waals surface area contributed by atoms with Crippen molar-refractivity contribution in [3.05, 3.63) is 0 Å². The molecule has 1 rings (SSSR count). The van der Waals surface area contributed by atoms with E-state index in [0.29, 0.717) is 19.4 Å². The Hall–Kier alpha value is -1.14. The number of carbonyl (C=O) groups is 2. The highest BCUT2D eigenvalue weighted by atomic mass is 16.5. The molecule has 0 unspecified atom stereocenters. The van der Waals surface area contributed by atoms with Crippen molar-refractivity contribution >= 4 is 11.8 Å². The van der Waals surface area contributed by atoms with E-state index in [9.17, 15) is 9.59 Å². The van der Waals surface area contributed by atoms with E-state index < -0.39 is 0 Å². The number of hydrogen-bond acceptors (Lipinski definition) is 4. The van der Waals surface area contributed by atoms with Gasteiger partial charge in [-0.1, -0.05) is 0 Å². The molecular weight excluding hydrogens is 246 g/mol. The van der Waals surface area contributed by atoms with E-state index in [1.54, 1.807) is 0 Å². The van der Waals surface area contributed by atoms with Crippen LogP contribution in [0.5, 0.6) is 0 Å². The highest BCUT2D eigenvalue weighted by molar-refractivity contribution is 5.76. The predicted molar refractivity (Wildman–Crippen MR) is 72.8 cm³/mol. The van der Waals surface area contributed by atoms with Gasteiger partial charge >= 0.3 is 0 Å².